The maximum Gasteiger partial charge on any atom is 0.0708 e. The van der Waals surface area contributed by atoms with Gasteiger partial charge in [-0.15, -0.1) is 11.6 Å². The number of hydrogen-bond donors (Lipinski definition) is 0. The van der Waals surface area contributed by atoms with Crippen LogP contribution >= 0.6 is 39.1 Å². The first kappa shape index (κ1) is 8.31. The molecule has 0 spiro atoms. The maximum absolute atomic E-state index is 5.75. The van der Waals surface area contributed by atoms with Crippen LogP contribution in [0.15, 0.2) is 16.7 Å². The number of halogens is 3. The van der Waals surface area contributed by atoms with Crippen molar-refractivity contribution in [1.29, 1.82) is 0 Å². The molecule has 0 saturated heterocycles. The number of alkyl halides is 1. The zero-order valence-electron chi connectivity index (χ0n) is 4.94. The molecular weight excluding hydrogens is 237 g/mol. The van der Waals surface area contributed by atoms with Crippen molar-refractivity contribution < 1.29 is 0 Å². The molecule has 0 aliphatic carbocycles. The van der Waals surface area contributed by atoms with Gasteiger partial charge in [0.1, 0.15) is 0 Å². The lowest BCUT2D eigenvalue weighted by molar-refractivity contribution is 1.15. The third-order valence-electron chi connectivity index (χ3n) is 1.04. The zero-order valence-corrected chi connectivity index (χ0v) is 8.04. The lowest BCUT2D eigenvalue weighted by Crippen LogP contribution is -1.85. The molecule has 0 radical (unpaired) electrons. The Labute approximate surface area is 77.5 Å². The van der Waals surface area contributed by atoms with Gasteiger partial charge in [0.25, 0.3) is 0 Å². The van der Waals surface area contributed by atoms with Crippen LogP contribution in [0.25, 0.3) is 0 Å². The molecule has 1 heterocycles. The smallest absolute Gasteiger partial charge is 0.0708 e. The molecule has 0 N–H and O–H groups in total. The Bertz CT molecular complexity index is 239. The van der Waals surface area contributed by atoms with Crippen LogP contribution in [0.5, 0.6) is 0 Å². The van der Waals surface area contributed by atoms with E-state index >= 15 is 0 Å². The molecule has 1 aromatic rings. The van der Waals surface area contributed by atoms with Gasteiger partial charge in [0.2, 0.25) is 0 Å². The summed E-state index contributed by atoms with van der Waals surface area (Å²) in [6.45, 7) is 0. The minimum absolute atomic E-state index is 0.376. The summed E-state index contributed by atoms with van der Waals surface area (Å²) in [5.41, 5.74) is 0.772. The SMILES string of the molecule is ClCc1nccc(Cl)c1Br. The molecule has 1 rings (SSSR count). The normalized spacial score (nSPS) is 9.90. The van der Waals surface area contributed by atoms with Gasteiger partial charge in [-0.05, 0) is 22.0 Å². The lowest BCUT2D eigenvalue weighted by Gasteiger charge is -1.98. The van der Waals surface area contributed by atoms with Crippen molar-refractivity contribution in [2.75, 3.05) is 0 Å². The quantitative estimate of drug-likeness (QED) is 0.687. The maximum atomic E-state index is 5.75. The molecule has 0 amide bonds. The van der Waals surface area contributed by atoms with Crippen LogP contribution in [-0.4, -0.2) is 4.98 Å². The summed E-state index contributed by atoms with van der Waals surface area (Å²) in [5, 5.41) is 0.644. The van der Waals surface area contributed by atoms with E-state index in [1.54, 1.807) is 12.3 Å². The van der Waals surface area contributed by atoms with Crippen LogP contribution in [-0.2, 0) is 5.88 Å². The number of aromatic nitrogens is 1. The summed E-state index contributed by atoms with van der Waals surface area (Å²) in [6, 6.07) is 1.71. The van der Waals surface area contributed by atoms with E-state index in [0.29, 0.717) is 10.9 Å². The molecule has 54 valence electrons. The van der Waals surface area contributed by atoms with Gasteiger partial charge in [0.05, 0.1) is 21.1 Å². The van der Waals surface area contributed by atoms with E-state index in [2.05, 4.69) is 20.9 Å². The van der Waals surface area contributed by atoms with Gasteiger partial charge in [-0.25, -0.2) is 0 Å². The molecule has 1 nitrogen and oxygen atoms in total. The molecule has 10 heavy (non-hydrogen) atoms. The van der Waals surface area contributed by atoms with Crippen LogP contribution < -0.4 is 0 Å². The van der Waals surface area contributed by atoms with E-state index in [0.717, 1.165) is 10.2 Å². The first-order valence-electron chi connectivity index (χ1n) is 2.60. The molecule has 1 aromatic heterocycles. The van der Waals surface area contributed by atoms with Gasteiger partial charge in [-0.1, -0.05) is 11.6 Å². The minimum atomic E-state index is 0.376. The van der Waals surface area contributed by atoms with Gasteiger partial charge in [-0.2, -0.15) is 0 Å². The third kappa shape index (κ3) is 1.62. The second-order valence-corrected chi connectivity index (χ2v) is 3.15. The monoisotopic (exact) mass is 239 g/mol. The molecule has 0 aromatic carbocycles. The first-order chi connectivity index (χ1) is 4.75. The second-order valence-electron chi connectivity index (χ2n) is 1.69. The van der Waals surface area contributed by atoms with Crippen LogP contribution in [0.1, 0.15) is 5.69 Å². The fourth-order valence-corrected chi connectivity index (χ4v) is 1.46. The van der Waals surface area contributed by atoms with Crippen molar-refractivity contribution in [1.82, 2.24) is 4.98 Å². The standard InChI is InChI=1S/C6H4BrCl2N/c7-6-4(9)1-2-10-5(6)3-8/h1-2H,3H2. The minimum Gasteiger partial charge on any atom is -0.259 e. The summed E-state index contributed by atoms with van der Waals surface area (Å²) in [5.74, 6) is 0.376. The molecule has 0 saturated carbocycles. The Morgan fingerprint density at radius 1 is 1.60 bits per heavy atom. The summed E-state index contributed by atoms with van der Waals surface area (Å²) in [6.07, 6.45) is 1.63. The number of pyridine rings is 1. The molecular formula is C6H4BrCl2N. The summed E-state index contributed by atoms with van der Waals surface area (Å²) < 4.78 is 0.784. The van der Waals surface area contributed by atoms with Gasteiger partial charge >= 0.3 is 0 Å². The van der Waals surface area contributed by atoms with Crippen molar-refractivity contribution in [3.8, 4) is 0 Å². The van der Waals surface area contributed by atoms with Crippen LogP contribution in [0.3, 0.4) is 0 Å². The highest BCUT2D eigenvalue weighted by atomic mass is 79.9. The average Bonchev–Trinajstić information content (AvgIpc) is 1.95. The number of rotatable bonds is 1. The number of nitrogens with zero attached hydrogens (tertiary/aromatic N) is 1. The van der Waals surface area contributed by atoms with Gasteiger partial charge < -0.3 is 0 Å². The van der Waals surface area contributed by atoms with Gasteiger partial charge in [-0.3, -0.25) is 4.98 Å². The molecule has 0 bridgehead atoms. The topological polar surface area (TPSA) is 12.9 Å². The molecule has 0 fully saturated rings. The van der Waals surface area contributed by atoms with Gasteiger partial charge in [0.15, 0.2) is 0 Å². The van der Waals surface area contributed by atoms with Crippen LogP contribution in [0, 0.1) is 0 Å². The Balaban J connectivity index is 3.14. The second kappa shape index (κ2) is 3.56. The zero-order chi connectivity index (χ0) is 7.56. The van der Waals surface area contributed by atoms with Crippen molar-refractivity contribution in [3.63, 3.8) is 0 Å². The Kier molecular flexibility index (Phi) is 2.96. The fraction of sp³-hybridized carbons (Fsp3) is 0.167. The van der Waals surface area contributed by atoms with Crippen LogP contribution in [0.2, 0.25) is 5.02 Å². The van der Waals surface area contributed by atoms with E-state index in [4.69, 9.17) is 23.2 Å². The van der Waals surface area contributed by atoms with E-state index in [1.165, 1.54) is 0 Å². The highest BCUT2D eigenvalue weighted by Gasteiger charge is 2.02. The van der Waals surface area contributed by atoms with E-state index < -0.39 is 0 Å². The largest absolute Gasteiger partial charge is 0.259 e. The van der Waals surface area contributed by atoms with Gasteiger partial charge in [0, 0.05) is 6.20 Å². The fourth-order valence-electron chi connectivity index (χ4n) is 0.554. The van der Waals surface area contributed by atoms with Crippen molar-refractivity contribution in [3.05, 3.63) is 27.5 Å². The van der Waals surface area contributed by atoms with Crippen molar-refractivity contribution in [2.24, 2.45) is 0 Å². The van der Waals surface area contributed by atoms with E-state index in [-0.39, 0.29) is 0 Å². The Hall–Kier alpha value is 0.210. The highest BCUT2D eigenvalue weighted by molar-refractivity contribution is 9.10. The first-order valence-corrected chi connectivity index (χ1v) is 4.31. The third-order valence-corrected chi connectivity index (χ3v) is 2.72. The Morgan fingerprint density at radius 2 is 2.30 bits per heavy atom. The molecule has 0 aliphatic heterocycles. The highest BCUT2D eigenvalue weighted by Crippen LogP contribution is 2.24. The van der Waals surface area contributed by atoms with Crippen molar-refractivity contribution >= 4 is 39.1 Å². The number of hydrogen-bond acceptors (Lipinski definition) is 1. The summed E-state index contributed by atoms with van der Waals surface area (Å²) >= 11 is 14.6. The molecule has 0 unspecified atom stereocenters. The van der Waals surface area contributed by atoms with Crippen molar-refractivity contribution in [2.45, 2.75) is 5.88 Å². The predicted octanol–water partition coefficient (Wildman–Crippen LogP) is 3.24. The van der Waals surface area contributed by atoms with E-state index in [9.17, 15) is 0 Å². The van der Waals surface area contributed by atoms with E-state index in [1.807, 2.05) is 0 Å². The molecule has 0 atom stereocenters. The summed E-state index contributed by atoms with van der Waals surface area (Å²) in [7, 11) is 0. The predicted molar refractivity (Wildman–Crippen MR) is 46.5 cm³/mol. The summed E-state index contributed by atoms with van der Waals surface area (Å²) in [4.78, 5) is 3.99. The molecule has 0 aliphatic rings. The lowest BCUT2D eigenvalue weighted by atomic mass is 10.4. The Morgan fingerprint density at radius 3 is 2.80 bits per heavy atom. The average molecular weight is 241 g/mol. The van der Waals surface area contributed by atoms with Crippen LogP contribution in [0.4, 0.5) is 0 Å². The molecule has 4 heteroatoms.